The summed E-state index contributed by atoms with van der Waals surface area (Å²) in [6.07, 6.45) is 1.55. The fourth-order valence-corrected chi connectivity index (χ4v) is 1.70. The smallest absolute Gasteiger partial charge is 0.250 e. The van der Waals surface area contributed by atoms with Crippen molar-refractivity contribution in [3.63, 3.8) is 0 Å². The molecule has 0 bridgehead atoms. The number of hydrogen-bond acceptors (Lipinski definition) is 3. The zero-order valence-electron chi connectivity index (χ0n) is 10.5. The Kier molecular flexibility index (Phi) is 3.77. The average Bonchev–Trinajstić information content (AvgIpc) is 2.43. The van der Waals surface area contributed by atoms with E-state index in [0.29, 0.717) is 5.69 Å². The van der Waals surface area contributed by atoms with Crippen molar-refractivity contribution in [1.82, 2.24) is 4.57 Å². The molecule has 3 N–H and O–H groups in total. The first-order valence-electron chi connectivity index (χ1n) is 5.86. The Hall–Kier alpha value is -2.40. The number of hydrogen-bond donors (Lipinski definition) is 2. The van der Waals surface area contributed by atoms with Crippen molar-refractivity contribution in [3.8, 4) is 0 Å². The Balaban J connectivity index is 2.13. The number of aromatic nitrogens is 1. The molecule has 98 valence electrons. The molecule has 0 aliphatic rings. The van der Waals surface area contributed by atoms with Crippen LogP contribution in [-0.4, -0.2) is 10.5 Å². The largest absolute Gasteiger partial charge is 0.323 e. The van der Waals surface area contributed by atoms with E-state index in [1.54, 1.807) is 31.4 Å². The van der Waals surface area contributed by atoms with Crippen LogP contribution in [-0.2, 0) is 11.8 Å². The highest BCUT2D eigenvalue weighted by Gasteiger charge is 2.15. The number of pyridine rings is 1. The van der Waals surface area contributed by atoms with E-state index < -0.39 is 6.04 Å². The highest BCUT2D eigenvalue weighted by atomic mass is 16.2. The van der Waals surface area contributed by atoms with Gasteiger partial charge in [0.1, 0.15) is 6.04 Å². The van der Waals surface area contributed by atoms with Gasteiger partial charge in [-0.15, -0.1) is 0 Å². The van der Waals surface area contributed by atoms with E-state index in [-0.39, 0.29) is 11.5 Å². The molecule has 0 saturated heterocycles. The third-order valence-corrected chi connectivity index (χ3v) is 2.79. The molecule has 1 aromatic carbocycles. The van der Waals surface area contributed by atoms with Gasteiger partial charge >= 0.3 is 0 Å². The molecule has 0 radical (unpaired) electrons. The molecule has 1 amide bonds. The van der Waals surface area contributed by atoms with Crippen molar-refractivity contribution in [1.29, 1.82) is 0 Å². The summed E-state index contributed by atoms with van der Waals surface area (Å²) in [5.41, 5.74) is 7.02. The molecule has 0 aliphatic heterocycles. The fraction of sp³-hybridized carbons (Fsp3) is 0.143. The molecule has 0 spiro atoms. The Morgan fingerprint density at radius 3 is 2.53 bits per heavy atom. The normalized spacial score (nSPS) is 11.9. The van der Waals surface area contributed by atoms with E-state index in [9.17, 15) is 9.59 Å². The second-order valence-electron chi connectivity index (χ2n) is 4.24. The molecule has 5 heteroatoms. The van der Waals surface area contributed by atoms with Gasteiger partial charge in [0, 0.05) is 19.3 Å². The third-order valence-electron chi connectivity index (χ3n) is 2.79. The first-order chi connectivity index (χ1) is 9.08. The predicted molar refractivity (Wildman–Crippen MR) is 73.7 cm³/mol. The standard InChI is InChI=1S/C14H15N3O2/c1-17-9-11(7-8-12(17)18)16-14(19)13(15)10-5-3-2-4-6-10/h2-9,13H,15H2,1H3,(H,16,19)/t13-/m0/s1. The minimum atomic E-state index is -0.738. The highest BCUT2D eigenvalue weighted by molar-refractivity contribution is 5.95. The summed E-state index contributed by atoms with van der Waals surface area (Å²) >= 11 is 0. The zero-order chi connectivity index (χ0) is 13.8. The third kappa shape index (κ3) is 3.08. The van der Waals surface area contributed by atoms with E-state index in [0.717, 1.165) is 5.56 Å². The second kappa shape index (κ2) is 5.49. The molecule has 5 nitrogen and oxygen atoms in total. The lowest BCUT2D eigenvalue weighted by Gasteiger charge is -2.12. The molecule has 1 atom stereocenters. The van der Waals surface area contributed by atoms with Crippen LogP contribution < -0.4 is 16.6 Å². The number of aryl methyl sites for hydroxylation is 1. The molecular formula is C14H15N3O2. The topological polar surface area (TPSA) is 77.1 Å². The molecule has 2 aromatic rings. The van der Waals surface area contributed by atoms with Crippen molar-refractivity contribution in [3.05, 3.63) is 64.6 Å². The number of nitrogens with zero attached hydrogens (tertiary/aromatic N) is 1. The molecule has 1 aromatic heterocycles. The van der Waals surface area contributed by atoms with Gasteiger partial charge in [-0.25, -0.2) is 0 Å². The number of nitrogens with one attached hydrogen (secondary N) is 1. The van der Waals surface area contributed by atoms with Crippen LogP contribution in [0.5, 0.6) is 0 Å². The first-order valence-corrected chi connectivity index (χ1v) is 5.86. The Labute approximate surface area is 110 Å². The summed E-state index contributed by atoms with van der Waals surface area (Å²) in [4.78, 5) is 23.2. The van der Waals surface area contributed by atoms with Crippen LogP contribution in [0.4, 0.5) is 5.69 Å². The van der Waals surface area contributed by atoms with E-state index >= 15 is 0 Å². The van der Waals surface area contributed by atoms with E-state index in [1.807, 2.05) is 18.2 Å². The van der Waals surface area contributed by atoms with E-state index in [4.69, 9.17) is 5.73 Å². The van der Waals surface area contributed by atoms with Crippen molar-refractivity contribution < 1.29 is 4.79 Å². The van der Waals surface area contributed by atoms with Gasteiger partial charge in [0.25, 0.3) is 0 Å². The van der Waals surface area contributed by atoms with Gasteiger partial charge in [-0.3, -0.25) is 9.59 Å². The molecule has 2 rings (SSSR count). The molecule has 0 saturated carbocycles. The maximum Gasteiger partial charge on any atom is 0.250 e. The number of anilines is 1. The van der Waals surface area contributed by atoms with Crippen LogP contribution in [0, 0.1) is 0 Å². The van der Waals surface area contributed by atoms with Gasteiger partial charge in [-0.05, 0) is 11.6 Å². The molecule has 1 heterocycles. The average molecular weight is 257 g/mol. The molecule has 0 fully saturated rings. The van der Waals surface area contributed by atoms with Gasteiger partial charge in [-0.1, -0.05) is 30.3 Å². The molecule has 19 heavy (non-hydrogen) atoms. The maximum absolute atomic E-state index is 12.0. The minimum Gasteiger partial charge on any atom is -0.323 e. The van der Waals surface area contributed by atoms with Crippen LogP contribution in [0.1, 0.15) is 11.6 Å². The summed E-state index contributed by atoms with van der Waals surface area (Å²) in [5.74, 6) is -0.315. The number of nitrogens with two attached hydrogens (primary N) is 1. The number of benzene rings is 1. The second-order valence-corrected chi connectivity index (χ2v) is 4.24. The molecule has 0 unspecified atom stereocenters. The molecular weight excluding hydrogens is 242 g/mol. The van der Waals surface area contributed by atoms with Gasteiger partial charge in [0.2, 0.25) is 11.5 Å². The van der Waals surface area contributed by atoms with Gasteiger partial charge < -0.3 is 15.6 Å². The summed E-state index contributed by atoms with van der Waals surface area (Å²) in [7, 11) is 1.62. The van der Waals surface area contributed by atoms with Gasteiger partial charge in [0.15, 0.2) is 0 Å². The highest BCUT2D eigenvalue weighted by Crippen LogP contribution is 2.12. The number of carbonyl (C=O) groups excluding carboxylic acids is 1. The van der Waals surface area contributed by atoms with Gasteiger partial charge in [-0.2, -0.15) is 0 Å². The fourth-order valence-electron chi connectivity index (χ4n) is 1.70. The van der Waals surface area contributed by atoms with Crippen LogP contribution in [0.3, 0.4) is 0 Å². The van der Waals surface area contributed by atoms with Crippen molar-refractivity contribution in [2.75, 3.05) is 5.32 Å². The van der Waals surface area contributed by atoms with Crippen molar-refractivity contribution in [2.45, 2.75) is 6.04 Å². The van der Waals surface area contributed by atoms with E-state index in [2.05, 4.69) is 5.32 Å². The molecule has 0 aliphatic carbocycles. The van der Waals surface area contributed by atoms with E-state index in [1.165, 1.54) is 10.6 Å². The Morgan fingerprint density at radius 1 is 1.21 bits per heavy atom. The van der Waals surface area contributed by atoms with Gasteiger partial charge in [0.05, 0.1) is 5.69 Å². The maximum atomic E-state index is 12.0. The monoisotopic (exact) mass is 257 g/mol. The predicted octanol–water partition coefficient (Wildman–Crippen LogP) is 1.02. The first kappa shape index (κ1) is 13.0. The summed E-state index contributed by atoms with van der Waals surface area (Å²) in [6, 6.07) is 11.3. The number of rotatable bonds is 3. The minimum absolute atomic E-state index is 0.134. The zero-order valence-corrected chi connectivity index (χ0v) is 10.5. The summed E-state index contributed by atoms with van der Waals surface area (Å²) in [5, 5.41) is 2.68. The lowest BCUT2D eigenvalue weighted by atomic mass is 10.1. The lowest BCUT2D eigenvalue weighted by molar-refractivity contribution is -0.117. The summed E-state index contributed by atoms with van der Waals surface area (Å²) in [6.45, 7) is 0. The quantitative estimate of drug-likeness (QED) is 0.862. The Bertz CT molecular complexity index is 635. The number of carbonyl (C=O) groups is 1. The van der Waals surface area contributed by atoms with Crippen LogP contribution in [0.2, 0.25) is 0 Å². The number of amides is 1. The van der Waals surface area contributed by atoms with Crippen LogP contribution in [0.25, 0.3) is 0 Å². The van der Waals surface area contributed by atoms with Crippen LogP contribution in [0.15, 0.2) is 53.5 Å². The van der Waals surface area contributed by atoms with Crippen LogP contribution >= 0.6 is 0 Å². The van der Waals surface area contributed by atoms with Crippen molar-refractivity contribution in [2.24, 2.45) is 12.8 Å². The SMILES string of the molecule is Cn1cc(NC(=O)[C@@H](N)c2ccccc2)ccc1=O. The Morgan fingerprint density at radius 2 is 1.89 bits per heavy atom. The summed E-state index contributed by atoms with van der Waals surface area (Å²) < 4.78 is 1.39. The van der Waals surface area contributed by atoms with Crippen molar-refractivity contribution >= 4 is 11.6 Å². The lowest BCUT2D eigenvalue weighted by Crippen LogP contribution is -2.28.